The van der Waals surface area contributed by atoms with Crippen LogP contribution in [-0.2, 0) is 11.2 Å². The van der Waals surface area contributed by atoms with Crippen LogP contribution in [0.15, 0.2) is 23.3 Å². The molecule has 0 aliphatic rings. The predicted molar refractivity (Wildman–Crippen MR) is 63.3 cm³/mol. The van der Waals surface area contributed by atoms with Gasteiger partial charge >= 0.3 is 0 Å². The predicted octanol–water partition coefficient (Wildman–Crippen LogP) is 1.06. The van der Waals surface area contributed by atoms with Crippen LogP contribution in [0.4, 0.5) is 0 Å². The number of nitrogens with zero attached hydrogens (tertiary/aromatic N) is 1. The summed E-state index contributed by atoms with van der Waals surface area (Å²) >= 11 is 0. The number of carbonyl (C=O) groups excluding carboxylic acids is 1. The van der Waals surface area contributed by atoms with E-state index in [0.717, 1.165) is 5.56 Å². The second-order valence-corrected chi connectivity index (χ2v) is 3.79. The Kier molecular flexibility index (Phi) is 2.91. The molecule has 0 bridgehead atoms. The van der Waals surface area contributed by atoms with Gasteiger partial charge in [-0.25, -0.2) is 4.98 Å². The minimum atomic E-state index is -0.220. The Morgan fingerprint density at radius 1 is 1.47 bits per heavy atom. The molecule has 17 heavy (non-hydrogen) atoms. The average molecular weight is 232 g/mol. The highest BCUT2D eigenvalue weighted by atomic mass is 16.5. The van der Waals surface area contributed by atoms with Crippen molar-refractivity contribution in [3.8, 4) is 5.75 Å². The number of aromatic nitrogens is 2. The van der Waals surface area contributed by atoms with Gasteiger partial charge in [0.25, 0.3) is 5.56 Å². The lowest BCUT2D eigenvalue weighted by Crippen LogP contribution is -2.08. The van der Waals surface area contributed by atoms with Crippen LogP contribution in [0.25, 0.3) is 10.9 Å². The van der Waals surface area contributed by atoms with E-state index < -0.39 is 0 Å². The van der Waals surface area contributed by atoms with Gasteiger partial charge in [-0.05, 0) is 19.1 Å². The minimum absolute atomic E-state index is 0.0347. The third-order valence-electron chi connectivity index (χ3n) is 2.48. The van der Waals surface area contributed by atoms with Crippen molar-refractivity contribution in [3.63, 3.8) is 0 Å². The highest BCUT2D eigenvalue weighted by molar-refractivity contribution is 5.84. The van der Waals surface area contributed by atoms with Crippen LogP contribution in [0.5, 0.6) is 5.75 Å². The van der Waals surface area contributed by atoms with E-state index in [1.165, 1.54) is 20.4 Å². The number of nitrogens with one attached hydrogen (secondary N) is 1. The van der Waals surface area contributed by atoms with E-state index in [1.54, 1.807) is 12.1 Å². The normalized spacial score (nSPS) is 10.5. The van der Waals surface area contributed by atoms with Gasteiger partial charge in [-0.1, -0.05) is 0 Å². The van der Waals surface area contributed by atoms with Gasteiger partial charge in [-0.3, -0.25) is 9.59 Å². The van der Waals surface area contributed by atoms with E-state index >= 15 is 0 Å². The Morgan fingerprint density at radius 3 is 2.88 bits per heavy atom. The van der Waals surface area contributed by atoms with Crippen molar-refractivity contribution in [2.75, 3.05) is 7.11 Å². The summed E-state index contributed by atoms with van der Waals surface area (Å²) in [5, 5.41) is 0.455. The largest absolute Gasteiger partial charge is 0.496 e. The summed E-state index contributed by atoms with van der Waals surface area (Å²) in [6.45, 7) is 1.51. The maximum absolute atomic E-state index is 11.6. The monoisotopic (exact) mass is 232 g/mol. The zero-order valence-electron chi connectivity index (χ0n) is 9.61. The van der Waals surface area contributed by atoms with Crippen molar-refractivity contribution in [2.45, 2.75) is 13.3 Å². The summed E-state index contributed by atoms with van der Waals surface area (Å²) in [6.07, 6.45) is 1.61. The standard InChI is InChI=1S/C12H12N2O3/c1-7(15)3-8-4-10-9(5-11(8)17-2)12(16)14-6-13-10/h4-6H,3H2,1-2H3,(H,13,14,16). The smallest absolute Gasteiger partial charge is 0.258 e. The molecule has 0 atom stereocenters. The number of benzene rings is 1. The zero-order valence-corrected chi connectivity index (χ0v) is 9.61. The van der Waals surface area contributed by atoms with Gasteiger partial charge in [0.05, 0.1) is 24.3 Å². The number of methoxy groups -OCH3 is 1. The Hall–Kier alpha value is -2.17. The lowest BCUT2D eigenvalue weighted by atomic mass is 10.1. The minimum Gasteiger partial charge on any atom is -0.496 e. The molecule has 5 nitrogen and oxygen atoms in total. The van der Waals surface area contributed by atoms with Crippen molar-refractivity contribution >= 4 is 16.7 Å². The number of hydrogen-bond donors (Lipinski definition) is 1. The molecule has 1 N–H and O–H groups in total. The Morgan fingerprint density at radius 2 is 2.24 bits per heavy atom. The fraction of sp³-hybridized carbons (Fsp3) is 0.250. The van der Waals surface area contributed by atoms with Gasteiger partial charge in [0.15, 0.2) is 0 Å². The molecule has 0 radical (unpaired) electrons. The molecule has 2 aromatic rings. The first kappa shape index (κ1) is 11.3. The molecule has 88 valence electrons. The quantitative estimate of drug-likeness (QED) is 0.859. The zero-order chi connectivity index (χ0) is 12.4. The maximum atomic E-state index is 11.6. The topological polar surface area (TPSA) is 72.1 Å². The molecule has 1 aromatic carbocycles. The molecular formula is C12H12N2O3. The van der Waals surface area contributed by atoms with Gasteiger partial charge in [0.1, 0.15) is 11.5 Å². The van der Waals surface area contributed by atoms with Crippen LogP contribution in [-0.4, -0.2) is 22.9 Å². The molecule has 1 heterocycles. The van der Waals surface area contributed by atoms with Gasteiger partial charge in [-0.2, -0.15) is 0 Å². The van der Waals surface area contributed by atoms with Gasteiger partial charge < -0.3 is 9.72 Å². The first-order valence-corrected chi connectivity index (χ1v) is 5.15. The van der Waals surface area contributed by atoms with Crippen LogP contribution >= 0.6 is 0 Å². The average Bonchev–Trinajstić information content (AvgIpc) is 2.28. The SMILES string of the molecule is COc1cc2c(=O)[nH]cnc2cc1CC(C)=O. The van der Waals surface area contributed by atoms with Crippen LogP contribution in [0.3, 0.4) is 0 Å². The third-order valence-corrected chi connectivity index (χ3v) is 2.48. The van der Waals surface area contributed by atoms with E-state index in [9.17, 15) is 9.59 Å². The first-order valence-electron chi connectivity index (χ1n) is 5.15. The number of aromatic amines is 1. The maximum Gasteiger partial charge on any atom is 0.258 e. The molecule has 2 rings (SSSR count). The number of ketones is 1. The molecule has 0 aliphatic carbocycles. The molecular weight excluding hydrogens is 220 g/mol. The fourth-order valence-corrected chi connectivity index (χ4v) is 1.73. The van der Waals surface area contributed by atoms with Gasteiger partial charge in [-0.15, -0.1) is 0 Å². The number of rotatable bonds is 3. The number of ether oxygens (including phenoxy) is 1. The van der Waals surface area contributed by atoms with E-state index in [-0.39, 0.29) is 17.8 Å². The molecule has 0 spiro atoms. The van der Waals surface area contributed by atoms with E-state index in [4.69, 9.17) is 4.74 Å². The molecule has 0 fully saturated rings. The summed E-state index contributed by atoms with van der Waals surface area (Å²) in [6, 6.07) is 3.32. The molecule has 5 heteroatoms. The first-order chi connectivity index (χ1) is 8.11. The van der Waals surface area contributed by atoms with E-state index in [2.05, 4.69) is 9.97 Å². The Labute approximate surface area is 97.4 Å². The highest BCUT2D eigenvalue weighted by Crippen LogP contribution is 2.23. The molecule has 0 aliphatic heterocycles. The van der Waals surface area contributed by atoms with Crippen molar-refractivity contribution in [1.29, 1.82) is 0 Å². The number of Topliss-reactive ketones (excluding diaryl/α,β-unsaturated/α-hetero) is 1. The highest BCUT2D eigenvalue weighted by Gasteiger charge is 2.10. The lowest BCUT2D eigenvalue weighted by molar-refractivity contribution is -0.116. The summed E-state index contributed by atoms with van der Waals surface area (Å²) in [7, 11) is 1.51. The Bertz CT molecular complexity index is 631. The van der Waals surface area contributed by atoms with Crippen LogP contribution in [0.2, 0.25) is 0 Å². The summed E-state index contributed by atoms with van der Waals surface area (Å²) in [5.41, 5.74) is 1.08. The molecule has 0 unspecified atom stereocenters. The Balaban J connectivity index is 2.69. The summed E-state index contributed by atoms with van der Waals surface area (Å²) in [4.78, 5) is 29.3. The number of carbonyl (C=O) groups is 1. The van der Waals surface area contributed by atoms with E-state index in [1.807, 2.05) is 0 Å². The van der Waals surface area contributed by atoms with E-state index in [0.29, 0.717) is 16.7 Å². The van der Waals surface area contributed by atoms with Gasteiger partial charge in [0.2, 0.25) is 0 Å². The van der Waals surface area contributed by atoms with Gasteiger partial charge in [0, 0.05) is 12.0 Å². The number of H-pyrrole nitrogens is 1. The second-order valence-electron chi connectivity index (χ2n) is 3.79. The summed E-state index contributed by atoms with van der Waals surface area (Å²) < 4.78 is 5.18. The lowest BCUT2D eigenvalue weighted by Gasteiger charge is -2.08. The number of hydrogen-bond acceptors (Lipinski definition) is 4. The second kappa shape index (κ2) is 4.37. The van der Waals surface area contributed by atoms with Crippen LogP contribution in [0, 0.1) is 0 Å². The third kappa shape index (κ3) is 2.18. The van der Waals surface area contributed by atoms with Crippen LogP contribution < -0.4 is 10.3 Å². The van der Waals surface area contributed by atoms with Crippen LogP contribution in [0.1, 0.15) is 12.5 Å². The number of fused-ring (bicyclic) bond motifs is 1. The summed E-state index contributed by atoms with van der Waals surface area (Å²) in [5.74, 6) is 0.568. The van der Waals surface area contributed by atoms with Crippen molar-refractivity contribution in [1.82, 2.24) is 9.97 Å². The molecule has 0 saturated heterocycles. The fourth-order valence-electron chi connectivity index (χ4n) is 1.73. The van der Waals surface area contributed by atoms with Crippen molar-refractivity contribution in [3.05, 3.63) is 34.4 Å². The van der Waals surface area contributed by atoms with Crippen molar-refractivity contribution < 1.29 is 9.53 Å². The molecule has 0 amide bonds. The van der Waals surface area contributed by atoms with Crippen molar-refractivity contribution in [2.24, 2.45) is 0 Å². The molecule has 0 saturated carbocycles. The molecule has 1 aromatic heterocycles.